The molecule has 0 saturated heterocycles. The third-order valence-corrected chi connectivity index (χ3v) is 2.60. The lowest BCUT2D eigenvalue weighted by Crippen LogP contribution is -2.24. The van der Waals surface area contributed by atoms with E-state index < -0.39 is 17.5 Å². The summed E-state index contributed by atoms with van der Waals surface area (Å²) < 4.78 is 26.0. The number of hydrogen-bond acceptors (Lipinski definition) is 4. The molecule has 0 aliphatic carbocycles. The number of amides is 1. The number of rotatable bonds is 3. The number of anilines is 1. The van der Waals surface area contributed by atoms with Gasteiger partial charge in [0.1, 0.15) is 5.82 Å². The number of hydrogen-bond donors (Lipinski definition) is 2. The fourth-order valence-corrected chi connectivity index (χ4v) is 1.63. The summed E-state index contributed by atoms with van der Waals surface area (Å²) in [6, 6.07) is 3.19. The standard InChI is InChI=1S/C13H12F2N4O/c1-7-17-3-2-8(19-7)6-18-13(20)9-4-10(14)11(15)5-12(9)16/h2-5H,6,16H2,1H3,(H,18,20). The van der Waals surface area contributed by atoms with E-state index in [1.54, 1.807) is 19.2 Å². The largest absolute Gasteiger partial charge is 0.398 e. The van der Waals surface area contributed by atoms with E-state index in [9.17, 15) is 13.6 Å². The normalized spacial score (nSPS) is 10.3. The molecule has 104 valence electrons. The van der Waals surface area contributed by atoms with Crippen molar-refractivity contribution in [2.45, 2.75) is 13.5 Å². The molecular formula is C13H12F2N4O. The molecule has 5 nitrogen and oxygen atoms in total. The Bertz CT molecular complexity index is 661. The summed E-state index contributed by atoms with van der Waals surface area (Å²) in [7, 11) is 0. The Balaban J connectivity index is 2.11. The van der Waals surface area contributed by atoms with Crippen LogP contribution in [0.3, 0.4) is 0 Å². The number of carbonyl (C=O) groups is 1. The van der Waals surface area contributed by atoms with Crippen molar-refractivity contribution in [3.8, 4) is 0 Å². The van der Waals surface area contributed by atoms with E-state index in [0.717, 1.165) is 12.1 Å². The molecular weight excluding hydrogens is 266 g/mol. The third kappa shape index (κ3) is 3.05. The van der Waals surface area contributed by atoms with Crippen LogP contribution in [0.2, 0.25) is 0 Å². The van der Waals surface area contributed by atoms with Crippen LogP contribution in [-0.4, -0.2) is 15.9 Å². The van der Waals surface area contributed by atoms with Crippen LogP contribution in [0.5, 0.6) is 0 Å². The fourth-order valence-electron chi connectivity index (χ4n) is 1.63. The zero-order valence-electron chi connectivity index (χ0n) is 10.7. The van der Waals surface area contributed by atoms with Gasteiger partial charge in [0, 0.05) is 18.0 Å². The molecule has 20 heavy (non-hydrogen) atoms. The van der Waals surface area contributed by atoms with Crippen molar-refractivity contribution in [3.05, 3.63) is 53.1 Å². The van der Waals surface area contributed by atoms with E-state index in [0.29, 0.717) is 11.5 Å². The molecule has 1 amide bonds. The zero-order valence-corrected chi connectivity index (χ0v) is 10.7. The molecule has 3 N–H and O–H groups in total. The van der Waals surface area contributed by atoms with Crippen molar-refractivity contribution < 1.29 is 13.6 Å². The lowest BCUT2D eigenvalue weighted by Gasteiger charge is -2.08. The first kappa shape index (κ1) is 13.9. The second-order valence-corrected chi connectivity index (χ2v) is 4.13. The van der Waals surface area contributed by atoms with Crippen LogP contribution in [0, 0.1) is 18.6 Å². The highest BCUT2D eigenvalue weighted by atomic mass is 19.2. The van der Waals surface area contributed by atoms with Gasteiger partial charge in [-0.2, -0.15) is 0 Å². The average molecular weight is 278 g/mol. The van der Waals surface area contributed by atoms with Crippen LogP contribution in [0.1, 0.15) is 21.9 Å². The number of nitrogens with zero attached hydrogens (tertiary/aromatic N) is 2. The molecule has 0 saturated carbocycles. The summed E-state index contributed by atoms with van der Waals surface area (Å²) in [4.78, 5) is 19.9. The third-order valence-electron chi connectivity index (χ3n) is 2.60. The smallest absolute Gasteiger partial charge is 0.253 e. The van der Waals surface area contributed by atoms with Crippen LogP contribution in [0.4, 0.5) is 14.5 Å². The van der Waals surface area contributed by atoms with Gasteiger partial charge in [0.05, 0.1) is 17.8 Å². The summed E-state index contributed by atoms with van der Waals surface area (Å²) in [5.74, 6) is -2.24. The predicted octanol–water partition coefficient (Wildman–Crippen LogP) is 1.58. The van der Waals surface area contributed by atoms with Gasteiger partial charge in [0.15, 0.2) is 11.6 Å². The lowest BCUT2D eigenvalue weighted by molar-refractivity contribution is 0.0950. The number of halogens is 2. The minimum atomic E-state index is -1.12. The van der Waals surface area contributed by atoms with Crippen molar-refractivity contribution in [1.82, 2.24) is 15.3 Å². The topological polar surface area (TPSA) is 80.9 Å². The van der Waals surface area contributed by atoms with Crippen LogP contribution in [0.15, 0.2) is 24.4 Å². The summed E-state index contributed by atoms with van der Waals surface area (Å²) in [6.45, 7) is 1.86. The van der Waals surface area contributed by atoms with E-state index in [4.69, 9.17) is 5.73 Å². The first-order valence-corrected chi connectivity index (χ1v) is 5.78. The maximum Gasteiger partial charge on any atom is 0.253 e. The monoisotopic (exact) mass is 278 g/mol. The Morgan fingerprint density at radius 2 is 2.05 bits per heavy atom. The SMILES string of the molecule is Cc1nccc(CNC(=O)c2cc(F)c(F)cc2N)n1. The minimum absolute atomic E-state index is 0.116. The molecule has 2 rings (SSSR count). The van der Waals surface area contributed by atoms with Gasteiger partial charge >= 0.3 is 0 Å². The highest BCUT2D eigenvalue weighted by molar-refractivity contribution is 5.99. The number of nitrogen functional groups attached to an aromatic ring is 1. The van der Waals surface area contributed by atoms with E-state index in [2.05, 4.69) is 15.3 Å². The molecule has 1 heterocycles. The van der Waals surface area contributed by atoms with E-state index in [-0.39, 0.29) is 17.8 Å². The molecule has 0 spiro atoms. The average Bonchev–Trinajstić information content (AvgIpc) is 2.40. The molecule has 0 fully saturated rings. The molecule has 0 aliphatic heterocycles. The van der Waals surface area contributed by atoms with Gasteiger partial charge in [-0.15, -0.1) is 0 Å². The Hall–Kier alpha value is -2.57. The lowest BCUT2D eigenvalue weighted by atomic mass is 10.1. The summed E-state index contributed by atoms with van der Waals surface area (Å²) in [6.07, 6.45) is 1.57. The minimum Gasteiger partial charge on any atom is -0.398 e. The van der Waals surface area contributed by atoms with Gasteiger partial charge in [0.2, 0.25) is 0 Å². The van der Waals surface area contributed by atoms with Crippen molar-refractivity contribution in [2.75, 3.05) is 5.73 Å². The van der Waals surface area contributed by atoms with Gasteiger partial charge in [-0.3, -0.25) is 4.79 Å². The Labute approximate surface area is 113 Å². The van der Waals surface area contributed by atoms with Crippen LogP contribution in [0.25, 0.3) is 0 Å². The van der Waals surface area contributed by atoms with E-state index in [1.807, 2.05) is 0 Å². The first-order valence-electron chi connectivity index (χ1n) is 5.78. The molecule has 0 aliphatic rings. The Morgan fingerprint density at radius 3 is 2.75 bits per heavy atom. The van der Waals surface area contributed by atoms with Crippen LogP contribution in [-0.2, 0) is 6.54 Å². The molecule has 1 aromatic heterocycles. The molecule has 1 aromatic carbocycles. The van der Waals surface area contributed by atoms with E-state index in [1.165, 1.54) is 0 Å². The van der Waals surface area contributed by atoms with Crippen LogP contribution < -0.4 is 11.1 Å². The number of nitrogens with two attached hydrogens (primary N) is 1. The van der Waals surface area contributed by atoms with Gasteiger partial charge in [-0.1, -0.05) is 0 Å². The Morgan fingerprint density at radius 1 is 1.35 bits per heavy atom. The highest BCUT2D eigenvalue weighted by Gasteiger charge is 2.14. The summed E-state index contributed by atoms with van der Waals surface area (Å²) in [5.41, 5.74) is 5.85. The first-order chi connectivity index (χ1) is 9.47. The zero-order chi connectivity index (χ0) is 14.7. The molecule has 0 bridgehead atoms. The number of benzene rings is 1. The van der Waals surface area contributed by atoms with Crippen molar-refractivity contribution >= 4 is 11.6 Å². The molecule has 0 radical (unpaired) electrons. The van der Waals surface area contributed by atoms with Gasteiger partial charge in [0.25, 0.3) is 5.91 Å². The fraction of sp³-hybridized carbons (Fsp3) is 0.154. The number of nitrogens with one attached hydrogen (secondary N) is 1. The summed E-state index contributed by atoms with van der Waals surface area (Å²) >= 11 is 0. The molecule has 2 aromatic rings. The highest BCUT2D eigenvalue weighted by Crippen LogP contribution is 2.16. The van der Waals surface area contributed by atoms with Gasteiger partial charge < -0.3 is 11.1 Å². The summed E-state index contributed by atoms with van der Waals surface area (Å²) in [5, 5.41) is 2.53. The number of carbonyl (C=O) groups excluding carboxylic acids is 1. The second-order valence-electron chi connectivity index (χ2n) is 4.13. The van der Waals surface area contributed by atoms with E-state index >= 15 is 0 Å². The predicted molar refractivity (Wildman–Crippen MR) is 68.7 cm³/mol. The van der Waals surface area contributed by atoms with Crippen molar-refractivity contribution in [2.24, 2.45) is 0 Å². The maximum absolute atomic E-state index is 13.1. The van der Waals surface area contributed by atoms with Crippen molar-refractivity contribution in [3.63, 3.8) is 0 Å². The molecule has 0 atom stereocenters. The Kier molecular flexibility index (Phi) is 3.88. The van der Waals surface area contributed by atoms with Gasteiger partial charge in [-0.05, 0) is 19.1 Å². The molecule has 7 heteroatoms. The molecule has 0 unspecified atom stereocenters. The maximum atomic E-state index is 13.1. The van der Waals surface area contributed by atoms with Crippen molar-refractivity contribution in [1.29, 1.82) is 0 Å². The number of aromatic nitrogens is 2. The number of aryl methyl sites for hydroxylation is 1. The van der Waals surface area contributed by atoms with Crippen LogP contribution >= 0.6 is 0 Å². The quantitative estimate of drug-likeness (QED) is 0.835. The second kappa shape index (κ2) is 5.60. The van der Waals surface area contributed by atoms with Gasteiger partial charge in [-0.25, -0.2) is 18.7 Å².